The number of rotatable bonds is 3. The topological polar surface area (TPSA) is 132 Å². The minimum absolute atomic E-state index is 0.121. The van der Waals surface area contributed by atoms with E-state index in [0.717, 1.165) is 5.56 Å². The van der Waals surface area contributed by atoms with E-state index in [4.69, 9.17) is 16.7 Å². The van der Waals surface area contributed by atoms with Crippen LogP contribution in [0.3, 0.4) is 0 Å². The summed E-state index contributed by atoms with van der Waals surface area (Å²) in [4.78, 5) is 17.3. The minimum atomic E-state index is 0.121. The third-order valence-corrected chi connectivity index (χ3v) is 3.95. The first-order chi connectivity index (χ1) is 12.6. The molecule has 0 spiro atoms. The Morgan fingerprint density at radius 2 is 1.85 bits per heavy atom. The Bertz CT molecular complexity index is 1140. The van der Waals surface area contributed by atoms with E-state index in [2.05, 4.69) is 26.0 Å². The number of fused-ring (bicyclic) bond motifs is 1. The second-order valence-electron chi connectivity index (χ2n) is 5.76. The molecule has 8 nitrogen and oxygen atoms in total. The number of nitriles is 1. The van der Waals surface area contributed by atoms with E-state index in [9.17, 15) is 0 Å². The normalized spacial score (nSPS) is 10.7. The minimum Gasteiger partial charge on any atom is -0.399 e. The molecule has 126 valence electrons. The molecule has 4 aromatic rings. The highest BCUT2D eigenvalue weighted by Crippen LogP contribution is 2.25. The van der Waals surface area contributed by atoms with Crippen molar-refractivity contribution in [1.29, 1.82) is 5.26 Å². The van der Waals surface area contributed by atoms with Crippen molar-refractivity contribution in [3.63, 3.8) is 0 Å². The van der Waals surface area contributed by atoms with Crippen LogP contribution in [0.5, 0.6) is 0 Å². The van der Waals surface area contributed by atoms with Gasteiger partial charge in [-0.3, -0.25) is 4.98 Å². The van der Waals surface area contributed by atoms with Crippen LogP contribution in [0.1, 0.15) is 11.1 Å². The molecule has 0 radical (unpaired) electrons. The van der Waals surface area contributed by atoms with E-state index in [-0.39, 0.29) is 5.95 Å². The van der Waals surface area contributed by atoms with E-state index in [1.807, 2.05) is 28.8 Å². The first kappa shape index (κ1) is 15.5. The first-order valence-electron chi connectivity index (χ1n) is 7.83. The second-order valence-corrected chi connectivity index (χ2v) is 5.76. The third kappa shape index (κ3) is 2.78. The highest BCUT2D eigenvalue weighted by molar-refractivity contribution is 5.87. The summed E-state index contributed by atoms with van der Waals surface area (Å²) in [5, 5.41) is 9.10. The predicted molar refractivity (Wildman–Crippen MR) is 97.6 cm³/mol. The Morgan fingerprint density at radius 3 is 2.62 bits per heavy atom. The van der Waals surface area contributed by atoms with Gasteiger partial charge in [0, 0.05) is 11.9 Å². The Hall–Kier alpha value is -3.99. The van der Waals surface area contributed by atoms with Crippen LogP contribution in [0.25, 0.3) is 22.6 Å². The third-order valence-electron chi connectivity index (χ3n) is 3.95. The molecule has 0 aliphatic heterocycles. The molecule has 0 unspecified atom stereocenters. The van der Waals surface area contributed by atoms with Crippen molar-refractivity contribution in [1.82, 2.24) is 24.5 Å². The van der Waals surface area contributed by atoms with Gasteiger partial charge in [0.15, 0.2) is 5.65 Å². The molecule has 3 aromatic heterocycles. The second kappa shape index (κ2) is 6.14. The molecule has 26 heavy (non-hydrogen) atoms. The zero-order chi connectivity index (χ0) is 18.1. The molecular weight excluding hydrogens is 328 g/mol. The van der Waals surface area contributed by atoms with Gasteiger partial charge >= 0.3 is 0 Å². The Morgan fingerprint density at radius 1 is 1.04 bits per heavy atom. The van der Waals surface area contributed by atoms with E-state index >= 15 is 0 Å². The van der Waals surface area contributed by atoms with Crippen LogP contribution in [0.2, 0.25) is 0 Å². The van der Waals surface area contributed by atoms with Gasteiger partial charge < -0.3 is 16.0 Å². The Labute approximate surface area is 148 Å². The summed E-state index contributed by atoms with van der Waals surface area (Å²) < 4.78 is 1.89. The average Bonchev–Trinajstić information content (AvgIpc) is 3.05. The molecule has 0 amide bonds. The van der Waals surface area contributed by atoms with Crippen LogP contribution >= 0.6 is 0 Å². The van der Waals surface area contributed by atoms with Gasteiger partial charge in [0.2, 0.25) is 5.95 Å². The summed E-state index contributed by atoms with van der Waals surface area (Å²) >= 11 is 0. The molecule has 3 heterocycles. The van der Waals surface area contributed by atoms with Crippen LogP contribution in [-0.2, 0) is 6.54 Å². The summed E-state index contributed by atoms with van der Waals surface area (Å²) in [6, 6.07) is 13.0. The van der Waals surface area contributed by atoms with E-state index in [0.29, 0.717) is 40.3 Å². The molecular formula is C18H14N8. The van der Waals surface area contributed by atoms with Gasteiger partial charge in [-0.1, -0.05) is 12.1 Å². The molecule has 0 bridgehead atoms. The standard InChI is InChI=1S/C18H14N8/c19-8-12-5-6-22-14(7-12)15-16-17(25-18(21)24-15)26(10-23-16)9-11-1-3-13(20)4-2-11/h1-7,10H,9,20H2,(H2,21,24,25). The molecule has 0 aliphatic rings. The molecule has 0 saturated carbocycles. The van der Waals surface area contributed by atoms with Gasteiger partial charge in [-0.05, 0) is 29.8 Å². The first-order valence-corrected chi connectivity index (χ1v) is 7.83. The van der Waals surface area contributed by atoms with E-state index < -0.39 is 0 Å². The molecule has 0 fully saturated rings. The van der Waals surface area contributed by atoms with Crippen LogP contribution in [0.4, 0.5) is 11.6 Å². The van der Waals surface area contributed by atoms with Crippen molar-refractivity contribution < 1.29 is 0 Å². The molecule has 1 aromatic carbocycles. The number of anilines is 2. The van der Waals surface area contributed by atoms with Gasteiger partial charge in [0.05, 0.1) is 30.2 Å². The van der Waals surface area contributed by atoms with Gasteiger partial charge in [0.1, 0.15) is 11.2 Å². The monoisotopic (exact) mass is 342 g/mol. The van der Waals surface area contributed by atoms with Gasteiger partial charge in [-0.2, -0.15) is 10.2 Å². The SMILES string of the molecule is N#Cc1ccnc(-c2nc(N)nc3c2ncn3Cc2ccc(N)cc2)c1. The quantitative estimate of drug-likeness (QED) is 0.544. The van der Waals surface area contributed by atoms with E-state index in [1.165, 1.54) is 0 Å². The smallest absolute Gasteiger partial charge is 0.222 e. The largest absolute Gasteiger partial charge is 0.399 e. The van der Waals surface area contributed by atoms with Crippen molar-refractivity contribution in [3.8, 4) is 17.5 Å². The summed E-state index contributed by atoms with van der Waals surface area (Å²) in [6.45, 7) is 0.568. The highest BCUT2D eigenvalue weighted by atomic mass is 15.1. The predicted octanol–water partition coefficient (Wildman–Crippen LogP) is 1.97. The highest BCUT2D eigenvalue weighted by Gasteiger charge is 2.15. The van der Waals surface area contributed by atoms with Crippen molar-refractivity contribution in [3.05, 3.63) is 60.0 Å². The fourth-order valence-corrected chi connectivity index (χ4v) is 2.70. The molecule has 4 N–H and O–H groups in total. The van der Waals surface area contributed by atoms with Crippen molar-refractivity contribution in [2.45, 2.75) is 6.54 Å². The summed E-state index contributed by atoms with van der Waals surface area (Å²) in [7, 11) is 0. The number of pyridine rings is 1. The Kier molecular flexibility index (Phi) is 3.67. The lowest BCUT2D eigenvalue weighted by molar-refractivity contribution is 0.814. The molecule has 4 rings (SSSR count). The molecule has 0 saturated heterocycles. The summed E-state index contributed by atoms with van der Waals surface area (Å²) in [6.07, 6.45) is 3.25. The maximum atomic E-state index is 9.10. The molecule has 0 aliphatic carbocycles. The fourth-order valence-electron chi connectivity index (χ4n) is 2.70. The number of hydrogen-bond donors (Lipinski definition) is 2. The number of benzene rings is 1. The number of nitrogen functional groups attached to an aromatic ring is 2. The maximum Gasteiger partial charge on any atom is 0.222 e. The van der Waals surface area contributed by atoms with Gasteiger partial charge in [-0.15, -0.1) is 0 Å². The fraction of sp³-hybridized carbons (Fsp3) is 0.0556. The number of aromatic nitrogens is 5. The molecule has 8 heteroatoms. The van der Waals surface area contributed by atoms with Crippen molar-refractivity contribution in [2.24, 2.45) is 0 Å². The number of hydrogen-bond acceptors (Lipinski definition) is 7. The lowest BCUT2D eigenvalue weighted by Crippen LogP contribution is -2.03. The zero-order valence-corrected chi connectivity index (χ0v) is 13.7. The summed E-state index contributed by atoms with van der Waals surface area (Å²) in [5.74, 6) is 0.121. The lowest BCUT2D eigenvalue weighted by atomic mass is 10.2. The van der Waals surface area contributed by atoms with Crippen LogP contribution in [0, 0.1) is 11.3 Å². The van der Waals surface area contributed by atoms with Crippen molar-refractivity contribution >= 4 is 22.8 Å². The maximum absolute atomic E-state index is 9.10. The van der Waals surface area contributed by atoms with Crippen LogP contribution in [0.15, 0.2) is 48.9 Å². The van der Waals surface area contributed by atoms with Gasteiger partial charge in [0.25, 0.3) is 0 Å². The van der Waals surface area contributed by atoms with Crippen LogP contribution in [-0.4, -0.2) is 24.5 Å². The van der Waals surface area contributed by atoms with Crippen LogP contribution < -0.4 is 11.5 Å². The number of nitrogens with zero attached hydrogens (tertiary/aromatic N) is 6. The van der Waals surface area contributed by atoms with Gasteiger partial charge in [-0.25, -0.2) is 9.97 Å². The number of imidazole rings is 1. The Balaban J connectivity index is 1.82. The zero-order valence-electron chi connectivity index (χ0n) is 13.7. The summed E-state index contributed by atoms with van der Waals surface area (Å²) in [5.41, 5.74) is 16.1. The number of nitrogens with two attached hydrogens (primary N) is 2. The molecule has 0 atom stereocenters. The van der Waals surface area contributed by atoms with E-state index in [1.54, 1.807) is 24.7 Å². The van der Waals surface area contributed by atoms with Crippen molar-refractivity contribution in [2.75, 3.05) is 11.5 Å². The lowest BCUT2D eigenvalue weighted by Gasteiger charge is -2.06. The average molecular weight is 342 g/mol.